The van der Waals surface area contributed by atoms with Gasteiger partial charge in [0.25, 0.3) is 5.91 Å². The molecule has 0 unspecified atom stereocenters. The highest BCUT2D eigenvalue weighted by atomic mass is 16.5. The molecule has 130 valence electrons. The first kappa shape index (κ1) is 18.3. The van der Waals surface area contributed by atoms with Crippen molar-refractivity contribution < 1.29 is 14.3 Å². The summed E-state index contributed by atoms with van der Waals surface area (Å²) < 4.78 is 11.4. The topological polar surface area (TPSA) is 71.3 Å². The molecular formula is C19H26N2O3. The van der Waals surface area contributed by atoms with Crippen molar-refractivity contribution in [2.24, 2.45) is 5.92 Å². The summed E-state index contributed by atoms with van der Waals surface area (Å²) in [6, 6.07) is 7.29. The van der Waals surface area contributed by atoms with Gasteiger partial charge in [0.2, 0.25) is 0 Å². The number of ether oxygens (including phenoxy) is 2. The Labute approximate surface area is 144 Å². The second-order valence-electron chi connectivity index (χ2n) is 6.62. The maximum Gasteiger partial charge on any atom is 0.256 e. The van der Waals surface area contributed by atoms with Crippen LogP contribution in [0.4, 0.5) is 5.69 Å². The van der Waals surface area contributed by atoms with E-state index in [4.69, 9.17) is 9.47 Å². The van der Waals surface area contributed by atoms with Crippen LogP contribution in [-0.4, -0.2) is 24.7 Å². The Morgan fingerprint density at radius 1 is 1.38 bits per heavy atom. The lowest BCUT2D eigenvalue weighted by Crippen LogP contribution is -2.43. The minimum Gasteiger partial charge on any atom is -0.492 e. The van der Waals surface area contributed by atoms with E-state index < -0.39 is 5.60 Å². The van der Waals surface area contributed by atoms with Crippen LogP contribution in [0, 0.1) is 17.2 Å². The standard InChI is InChI=1S/C19H26N2O3/c1-4-24-19(9-5-6-10-19)18(22)21-16-7-8-17(15(11-16)12-20)23-13-14(2)3/h7-8,11,14H,4-6,9-10,13H2,1-3H3,(H,21,22). The predicted molar refractivity (Wildman–Crippen MR) is 92.9 cm³/mol. The fraction of sp³-hybridized carbons (Fsp3) is 0.579. The molecule has 1 amide bonds. The molecular weight excluding hydrogens is 304 g/mol. The van der Waals surface area contributed by atoms with Crippen LogP contribution in [0.1, 0.15) is 52.0 Å². The summed E-state index contributed by atoms with van der Waals surface area (Å²) in [5.41, 5.74) is 0.290. The van der Waals surface area contributed by atoms with E-state index in [-0.39, 0.29) is 5.91 Å². The van der Waals surface area contributed by atoms with Crippen LogP contribution in [0.5, 0.6) is 5.75 Å². The van der Waals surface area contributed by atoms with E-state index in [1.165, 1.54) is 0 Å². The molecule has 0 saturated heterocycles. The number of nitrogens with one attached hydrogen (secondary N) is 1. The summed E-state index contributed by atoms with van der Waals surface area (Å²) in [5.74, 6) is 0.801. The van der Waals surface area contributed by atoms with Crippen LogP contribution in [0.25, 0.3) is 0 Å². The zero-order chi connectivity index (χ0) is 17.6. The van der Waals surface area contributed by atoms with Crippen LogP contribution in [0.3, 0.4) is 0 Å². The minimum atomic E-state index is -0.728. The summed E-state index contributed by atoms with van der Waals surface area (Å²) in [6.45, 7) is 7.07. The molecule has 1 N–H and O–H groups in total. The molecule has 5 nitrogen and oxygen atoms in total. The molecule has 0 atom stereocenters. The maximum absolute atomic E-state index is 12.7. The molecule has 1 aliphatic rings. The molecule has 1 aromatic carbocycles. The van der Waals surface area contributed by atoms with Crippen molar-refractivity contribution in [3.63, 3.8) is 0 Å². The molecule has 0 bridgehead atoms. The number of amides is 1. The number of nitrogens with zero attached hydrogens (tertiary/aromatic N) is 1. The Morgan fingerprint density at radius 3 is 2.67 bits per heavy atom. The van der Waals surface area contributed by atoms with Crippen LogP contribution in [0.2, 0.25) is 0 Å². The number of nitriles is 1. The number of carbonyl (C=O) groups excluding carboxylic acids is 1. The fourth-order valence-corrected chi connectivity index (χ4v) is 2.98. The Kier molecular flexibility index (Phi) is 6.22. The van der Waals surface area contributed by atoms with Gasteiger partial charge in [-0.2, -0.15) is 5.26 Å². The SMILES string of the molecule is CCOC1(C(=O)Nc2ccc(OCC(C)C)c(C#N)c2)CCCC1. The Morgan fingerprint density at radius 2 is 2.08 bits per heavy atom. The molecule has 0 heterocycles. The van der Waals surface area contributed by atoms with Gasteiger partial charge >= 0.3 is 0 Å². The highest BCUT2D eigenvalue weighted by molar-refractivity contribution is 5.97. The summed E-state index contributed by atoms with van der Waals surface area (Å²) in [4.78, 5) is 12.7. The lowest BCUT2D eigenvalue weighted by molar-refractivity contribution is -0.140. The zero-order valence-electron chi connectivity index (χ0n) is 14.7. The van der Waals surface area contributed by atoms with Crippen molar-refractivity contribution in [1.29, 1.82) is 5.26 Å². The first-order valence-electron chi connectivity index (χ1n) is 8.63. The molecule has 1 aliphatic carbocycles. The summed E-state index contributed by atoms with van der Waals surface area (Å²) in [7, 11) is 0. The van der Waals surface area contributed by atoms with Gasteiger partial charge in [0.05, 0.1) is 12.2 Å². The zero-order valence-corrected chi connectivity index (χ0v) is 14.7. The van der Waals surface area contributed by atoms with E-state index in [9.17, 15) is 10.1 Å². The Bertz CT molecular complexity index is 614. The van der Waals surface area contributed by atoms with E-state index in [1.54, 1.807) is 18.2 Å². The van der Waals surface area contributed by atoms with Crippen molar-refractivity contribution in [1.82, 2.24) is 0 Å². The smallest absolute Gasteiger partial charge is 0.256 e. The molecule has 0 aliphatic heterocycles. The van der Waals surface area contributed by atoms with E-state index in [0.717, 1.165) is 25.7 Å². The molecule has 1 fully saturated rings. The van der Waals surface area contributed by atoms with Crippen molar-refractivity contribution in [3.05, 3.63) is 23.8 Å². The van der Waals surface area contributed by atoms with Crippen LogP contribution in [0.15, 0.2) is 18.2 Å². The normalized spacial score (nSPS) is 16.0. The third-order valence-electron chi connectivity index (χ3n) is 4.18. The number of hydrogen-bond acceptors (Lipinski definition) is 4. The van der Waals surface area contributed by atoms with Crippen molar-refractivity contribution in [3.8, 4) is 11.8 Å². The molecule has 1 saturated carbocycles. The third kappa shape index (κ3) is 4.27. The quantitative estimate of drug-likeness (QED) is 0.823. The molecule has 0 spiro atoms. The molecule has 1 aromatic rings. The first-order chi connectivity index (χ1) is 11.5. The van der Waals surface area contributed by atoms with Crippen molar-refractivity contribution >= 4 is 11.6 Å². The first-order valence-corrected chi connectivity index (χ1v) is 8.63. The second-order valence-corrected chi connectivity index (χ2v) is 6.62. The monoisotopic (exact) mass is 330 g/mol. The van der Waals surface area contributed by atoms with Gasteiger partial charge in [-0.05, 0) is 56.7 Å². The minimum absolute atomic E-state index is 0.124. The highest BCUT2D eigenvalue weighted by Crippen LogP contribution is 2.34. The van der Waals surface area contributed by atoms with Crippen LogP contribution >= 0.6 is 0 Å². The highest BCUT2D eigenvalue weighted by Gasteiger charge is 2.42. The van der Waals surface area contributed by atoms with Gasteiger partial charge < -0.3 is 14.8 Å². The molecule has 5 heteroatoms. The average molecular weight is 330 g/mol. The van der Waals surface area contributed by atoms with E-state index in [0.29, 0.717) is 36.1 Å². The Balaban J connectivity index is 2.12. The fourth-order valence-electron chi connectivity index (χ4n) is 2.98. The number of carbonyl (C=O) groups is 1. The lowest BCUT2D eigenvalue weighted by atomic mass is 10.0. The largest absolute Gasteiger partial charge is 0.492 e. The summed E-state index contributed by atoms with van der Waals surface area (Å²) >= 11 is 0. The van der Waals surface area contributed by atoms with Gasteiger partial charge in [0.15, 0.2) is 0 Å². The van der Waals surface area contributed by atoms with Crippen LogP contribution in [-0.2, 0) is 9.53 Å². The van der Waals surface area contributed by atoms with E-state index in [2.05, 4.69) is 25.2 Å². The molecule has 0 radical (unpaired) electrons. The average Bonchev–Trinajstić information content (AvgIpc) is 3.03. The van der Waals surface area contributed by atoms with Crippen molar-refractivity contribution in [2.45, 2.75) is 52.1 Å². The van der Waals surface area contributed by atoms with Gasteiger partial charge in [-0.1, -0.05) is 13.8 Å². The Hall–Kier alpha value is -2.06. The number of benzene rings is 1. The lowest BCUT2D eigenvalue weighted by Gasteiger charge is -2.27. The molecule has 0 aromatic heterocycles. The van der Waals surface area contributed by atoms with Gasteiger partial charge in [-0.15, -0.1) is 0 Å². The predicted octanol–water partition coefficient (Wildman–Crippen LogP) is 3.88. The summed E-state index contributed by atoms with van der Waals surface area (Å²) in [5, 5.41) is 12.2. The van der Waals surface area contributed by atoms with Gasteiger partial charge in [-0.25, -0.2) is 0 Å². The number of anilines is 1. The number of rotatable bonds is 7. The van der Waals surface area contributed by atoms with E-state index in [1.807, 2.05) is 6.92 Å². The molecule has 24 heavy (non-hydrogen) atoms. The second kappa shape index (κ2) is 8.16. The van der Waals surface area contributed by atoms with Crippen molar-refractivity contribution in [2.75, 3.05) is 18.5 Å². The van der Waals surface area contributed by atoms with Gasteiger partial charge in [0, 0.05) is 12.3 Å². The molecule has 2 rings (SSSR count). The summed E-state index contributed by atoms with van der Waals surface area (Å²) in [6.07, 6.45) is 3.48. The maximum atomic E-state index is 12.7. The number of hydrogen-bond donors (Lipinski definition) is 1. The van der Waals surface area contributed by atoms with Gasteiger partial charge in [-0.3, -0.25) is 4.79 Å². The third-order valence-corrected chi connectivity index (χ3v) is 4.18. The van der Waals surface area contributed by atoms with Gasteiger partial charge in [0.1, 0.15) is 17.4 Å². The van der Waals surface area contributed by atoms with E-state index >= 15 is 0 Å². The van der Waals surface area contributed by atoms with Crippen LogP contribution < -0.4 is 10.1 Å².